The van der Waals surface area contributed by atoms with Gasteiger partial charge in [0.1, 0.15) is 14.7 Å². The van der Waals surface area contributed by atoms with Crippen LogP contribution in [0.4, 0.5) is 0 Å². The highest BCUT2D eigenvalue weighted by Gasteiger charge is 2.06. The number of rotatable bonds is 2. The molecule has 0 bridgehead atoms. The third-order valence-corrected chi connectivity index (χ3v) is 1.74. The Hall–Kier alpha value is -0.683. The molecule has 0 aromatic rings. The van der Waals surface area contributed by atoms with E-state index >= 15 is 0 Å². The Bertz CT molecular complexity index is 178. The number of ether oxygens (including phenoxy) is 1. The summed E-state index contributed by atoms with van der Waals surface area (Å²) in [5.74, 6) is 2.97. The second-order valence-electron chi connectivity index (χ2n) is 3.23. The van der Waals surface area contributed by atoms with Gasteiger partial charge in [-0.25, -0.2) is 0 Å². The van der Waals surface area contributed by atoms with Crippen molar-refractivity contribution in [1.29, 1.82) is 0 Å². The molecule has 0 unspecified atom stereocenters. The molecule has 2 heteroatoms. The molecule has 0 heterocycles. The molecule has 0 spiro atoms. The normalized spacial score (nSPS) is 10.9. The van der Waals surface area contributed by atoms with Crippen molar-refractivity contribution in [3.63, 3.8) is 0 Å². The Balaban J connectivity index is 3.57. The minimum Gasteiger partial charge on any atom is -0.489 e. The molecule has 0 atom stereocenters. The van der Waals surface area contributed by atoms with E-state index in [4.69, 9.17) is 4.74 Å². The fourth-order valence-corrected chi connectivity index (χ4v) is 1.06. The van der Waals surface area contributed by atoms with Gasteiger partial charge in [0.2, 0.25) is 0 Å². The molecule has 0 N–H and O–H groups in total. The first-order valence-electron chi connectivity index (χ1n) is 3.62. The van der Waals surface area contributed by atoms with Crippen molar-refractivity contribution in [1.82, 2.24) is 0 Å². The second kappa shape index (κ2) is 5.03. The van der Waals surface area contributed by atoms with Gasteiger partial charge in [-0.05, 0) is 13.0 Å². The summed E-state index contributed by atoms with van der Waals surface area (Å²) in [6, 6.07) is 0. The van der Waals surface area contributed by atoms with E-state index in [1.165, 1.54) is 0 Å². The molecule has 0 aromatic heterocycles. The summed E-state index contributed by atoms with van der Waals surface area (Å²) in [5, 5.41) is 0. The molecule has 61 valence electrons. The summed E-state index contributed by atoms with van der Waals surface area (Å²) in [6.07, 6.45) is 3.16. The molecule has 0 saturated heterocycles. The highest BCUT2D eigenvalue weighted by molar-refractivity contribution is 6.83. The number of hydrogen-bond acceptors (Lipinski definition) is 1. The summed E-state index contributed by atoms with van der Waals surface area (Å²) < 4.78 is 4.98. The Morgan fingerprint density at radius 3 is 2.55 bits per heavy atom. The number of allylic oxidation sites excluding steroid dienone is 1. The van der Waals surface area contributed by atoms with Gasteiger partial charge in [0, 0.05) is 0 Å². The van der Waals surface area contributed by atoms with Crippen LogP contribution in [0.2, 0.25) is 19.6 Å². The summed E-state index contributed by atoms with van der Waals surface area (Å²) in [6.45, 7) is 10.6. The van der Waals surface area contributed by atoms with Gasteiger partial charge in [-0.3, -0.25) is 0 Å². The first-order valence-corrected chi connectivity index (χ1v) is 7.12. The van der Waals surface area contributed by atoms with Crippen LogP contribution < -0.4 is 0 Å². The summed E-state index contributed by atoms with van der Waals surface area (Å²) >= 11 is 0. The lowest BCUT2D eigenvalue weighted by Gasteiger charge is -2.02. The zero-order valence-electron chi connectivity index (χ0n) is 7.48. The topological polar surface area (TPSA) is 9.23 Å². The van der Waals surface area contributed by atoms with E-state index < -0.39 is 8.07 Å². The van der Waals surface area contributed by atoms with Crippen LogP contribution >= 0.6 is 0 Å². The van der Waals surface area contributed by atoms with E-state index in [0.717, 1.165) is 0 Å². The van der Waals surface area contributed by atoms with Crippen molar-refractivity contribution < 1.29 is 4.74 Å². The maximum absolute atomic E-state index is 4.98. The molecule has 0 rings (SSSR count). The van der Waals surface area contributed by atoms with Crippen LogP contribution in [-0.2, 0) is 4.74 Å². The Morgan fingerprint density at radius 2 is 2.09 bits per heavy atom. The van der Waals surface area contributed by atoms with Gasteiger partial charge in [-0.1, -0.05) is 25.6 Å². The Kier molecular flexibility index (Phi) is 4.72. The molecule has 1 radical (unpaired) electrons. The Labute approximate surface area is 70.5 Å². The quantitative estimate of drug-likeness (QED) is 0.265. The molecule has 11 heavy (non-hydrogen) atoms. The summed E-state index contributed by atoms with van der Waals surface area (Å²) in [4.78, 5) is 0. The third kappa shape index (κ3) is 9.32. The lowest BCUT2D eigenvalue weighted by Crippen LogP contribution is -2.16. The van der Waals surface area contributed by atoms with Gasteiger partial charge in [0.05, 0.1) is 6.26 Å². The highest BCUT2D eigenvalue weighted by atomic mass is 28.3. The van der Waals surface area contributed by atoms with E-state index in [9.17, 15) is 0 Å². The molecule has 1 nitrogen and oxygen atoms in total. The minimum atomic E-state index is -1.20. The maximum Gasteiger partial charge on any atom is 0.147 e. The van der Waals surface area contributed by atoms with Gasteiger partial charge in [0.25, 0.3) is 0 Å². The van der Waals surface area contributed by atoms with Gasteiger partial charge < -0.3 is 4.74 Å². The fraction of sp³-hybridized carbons (Fsp3) is 0.444. The van der Waals surface area contributed by atoms with Crippen LogP contribution in [-0.4, -0.2) is 14.7 Å². The largest absolute Gasteiger partial charge is 0.489 e. The first kappa shape index (κ1) is 10.3. The zero-order valence-corrected chi connectivity index (χ0v) is 8.48. The van der Waals surface area contributed by atoms with E-state index in [2.05, 4.69) is 38.0 Å². The van der Waals surface area contributed by atoms with Crippen LogP contribution in [0.3, 0.4) is 0 Å². The van der Waals surface area contributed by atoms with Crippen LogP contribution in [0, 0.1) is 18.4 Å². The first-order chi connectivity index (χ1) is 5.06. The van der Waals surface area contributed by atoms with Gasteiger partial charge in [-0.2, -0.15) is 0 Å². The van der Waals surface area contributed by atoms with Crippen LogP contribution in [0.1, 0.15) is 0 Å². The standard InChI is InChI=1S/C9H15OSi/c1-5-7-10-8-6-9-11(2,3)4/h5,7H,1,8H2,2-4H3/b7-5+. The minimum absolute atomic E-state index is 0.482. The van der Waals surface area contributed by atoms with Crippen molar-refractivity contribution >= 4 is 8.07 Å². The van der Waals surface area contributed by atoms with Gasteiger partial charge in [-0.15, -0.1) is 5.54 Å². The molecule has 0 amide bonds. The van der Waals surface area contributed by atoms with Crippen molar-refractivity contribution in [2.45, 2.75) is 19.6 Å². The lowest BCUT2D eigenvalue weighted by atomic mass is 10.7. The molecule has 0 aliphatic carbocycles. The van der Waals surface area contributed by atoms with Crippen molar-refractivity contribution in [2.24, 2.45) is 0 Å². The molecular weight excluding hydrogens is 152 g/mol. The smallest absolute Gasteiger partial charge is 0.147 e. The highest BCUT2D eigenvalue weighted by Crippen LogP contribution is 1.95. The van der Waals surface area contributed by atoms with Gasteiger partial charge >= 0.3 is 0 Å². The van der Waals surface area contributed by atoms with Crippen LogP contribution in [0.5, 0.6) is 0 Å². The zero-order chi connectivity index (χ0) is 8.74. The molecule has 0 saturated carbocycles. The van der Waals surface area contributed by atoms with E-state index in [0.29, 0.717) is 6.61 Å². The predicted octanol–water partition coefficient (Wildman–Crippen LogP) is 2.23. The monoisotopic (exact) mass is 167 g/mol. The number of hydrogen-bond donors (Lipinski definition) is 0. The average molecular weight is 167 g/mol. The van der Waals surface area contributed by atoms with Crippen molar-refractivity contribution in [3.8, 4) is 11.5 Å². The van der Waals surface area contributed by atoms with Crippen molar-refractivity contribution in [3.05, 3.63) is 19.3 Å². The van der Waals surface area contributed by atoms with E-state index in [1.54, 1.807) is 12.3 Å². The predicted molar refractivity (Wildman–Crippen MR) is 51.6 cm³/mol. The lowest BCUT2D eigenvalue weighted by molar-refractivity contribution is 0.296. The summed E-state index contributed by atoms with van der Waals surface area (Å²) in [7, 11) is -1.20. The third-order valence-electron chi connectivity index (χ3n) is 0.811. The summed E-state index contributed by atoms with van der Waals surface area (Å²) in [5.41, 5.74) is 3.19. The molecule has 0 aliphatic heterocycles. The molecule has 0 fully saturated rings. The van der Waals surface area contributed by atoms with E-state index in [-0.39, 0.29) is 0 Å². The van der Waals surface area contributed by atoms with Crippen LogP contribution in [0.25, 0.3) is 0 Å². The Morgan fingerprint density at radius 1 is 1.45 bits per heavy atom. The van der Waals surface area contributed by atoms with Gasteiger partial charge in [0.15, 0.2) is 0 Å². The second-order valence-corrected chi connectivity index (χ2v) is 7.98. The van der Waals surface area contributed by atoms with E-state index in [1.807, 2.05) is 0 Å². The fourth-order valence-electron chi connectivity index (χ4n) is 0.459. The van der Waals surface area contributed by atoms with Crippen LogP contribution in [0.15, 0.2) is 12.3 Å². The van der Waals surface area contributed by atoms with Crippen molar-refractivity contribution in [2.75, 3.05) is 6.61 Å². The maximum atomic E-state index is 4.98. The molecule has 0 aromatic carbocycles. The average Bonchev–Trinajstić information content (AvgIpc) is 1.85. The molecular formula is C9H15OSi. The molecule has 0 aliphatic rings. The SMILES string of the molecule is [CH2]/C=C/OCC#C[Si](C)(C)C.